The van der Waals surface area contributed by atoms with E-state index in [9.17, 15) is 4.39 Å². The first-order chi connectivity index (χ1) is 13.0. The molecule has 0 N–H and O–H groups in total. The average Bonchev–Trinajstić information content (AvgIpc) is 3.07. The molecular weight excluding hydrogens is 367 g/mol. The van der Waals surface area contributed by atoms with Crippen molar-refractivity contribution in [2.45, 2.75) is 44.7 Å². The summed E-state index contributed by atoms with van der Waals surface area (Å²) in [4.78, 5) is 20.1. The molecule has 0 amide bonds. The van der Waals surface area contributed by atoms with Crippen molar-refractivity contribution in [3.8, 4) is 0 Å². The molecule has 0 aliphatic carbocycles. The minimum absolute atomic E-state index is 0.141. The van der Waals surface area contributed by atoms with Crippen LogP contribution in [0.15, 0.2) is 6.20 Å². The molecule has 8 heteroatoms. The highest BCUT2D eigenvalue weighted by Gasteiger charge is 2.33. The van der Waals surface area contributed by atoms with Crippen LogP contribution in [0.3, 0.4) is 0 Å². The maximum atomic E-state index is 14.8. The third-order valence-corrected chi connectivity index (χ3v) is 6.07. The zero-order valence-corrected chi connectivity index (χ0v) is 16.9. The number of aromatic nitrogens is 3. The lowest BCUT2D eigenvalue weighted by atomic mass is 10.1. The van der Waals surface area contributed by atoms with Gasteiger partial charge < -0.3 is 14.7 Å². The van der Waals surface area contributed by atoms with Crippen molar-refractivity contribution in [1.82, 2.24) is 19.9 Å². The van der Waals surface area contributed by atoms with Gasteiger partial charge in [-0.15, -0.1) is 0 Å². The van der Waals surface area contributed by atoms with Crippen LogP contribution in [-0.2, 0) is 0 Å². The Bertz CT molecular complexity index is 839. The third kappa shape index (κ3) is 3.43. The summed E-state index contributed by atoms with van der Waals surface area (Å²) in [7, 11) is 4.18. The van der Waals surface area contributed by atoms with Gasteiger partial charge >= 0.3 is 0 Å². The zero-order valence-electron chi connectivity index (χ0n) is 16.1. The number of hydrogen-bond donors (Lipinski definition) is 0. The molecule has 0 unspecified atom stereocenters. The predicted molar refractivity (Wildman–Crippen MR) is 107 cm³/mol. The van der Waals surface area contributed by atoms with Crippen LogP contribution in [0.1, 0.15) is 32.6 Å². The van der Waals surface area contributed by atoms with Gasteiger partial charge in [0.05, 0.1) is 5.39 Å². The van der Waals surface area contributed by atoms with Crippen molar-refractivity contribution in [2.75, 3.05) is 43.5 Å². The number of piperidine rings is 1. The maximum Gasteiger partial charge on any atom is 0.228 e. The Morgan fingerprint density at radius 2 is 1.93 bits per heavy atom. The first kappa shape index (κ1) is 18.6. The van der Waals surface area contributed by atoms with Crippen molar-refractivity contribution >= 4 is 34.3 Å². The van der Waals surface area contributed by atoms with Crippen molar-refractivity contribution in [1.29, 1.82) is 0 Å². The van der Waals surface area contributed by atoms with Gasteiger partial charge in [-0.05, 0) is 46.7 Å². The topological polar surface area (TPSA) is 48.4 Å². The highest BCUT2D eigenvalue weighted by molar-refractivity contribution is 6.30. The van der Waals surface area contributed by atoms with Gasteiger partial charge in [0.25, 0.3) is 0 Å². The molecule has 0 spiro atoms. The lowest BCUT2D eigenvalue weighted by molar-refractivity contribution is 0.311. The number of halogens is 2. The molecule has 2 aromatic rings. The van der Waals surface area contributed by atoms with E-state index < -0.39 is 5.82 Å². The molecule has 2 saturated heterocycles. The summed E-state index contributed by atoms with van der Waals surface area (Å²) in [5.41, 5.74) is 0.265. The molecule has 0 aromatic carbocycles. The normalized spacial score (nSPS) is 23.6. The molecule has 2 aromatic heterocycles. The van der Waals surface area contributed by atoms with Gasteiger partial charge in [0, 0.05) is 37.9 Å². The zero-order chi connectivity index (χ0) is 19.1. The van der Waals surface area contributed by atoms with Crippen LogP contribution in [0.4, 0.5) is 16.2 Å². The predicted octanol–water partition coefficient (Wildman–Crippen LogP) is 3.34. The summed E-state index contributed by atoms with van der Waals surface area (Å²) in [6.07, 6.45) is 6.09. The van der Waals surface area contributed by atoms with Crippen LogP contribution in [0.25, 0.3) is 10.9 Å². The van der Waals surface area contributed by atoms with Gasteiger partial charge in [0.1, 0.15) is 11.3 Å². The second-order valence-electron chi connectivity index (χ2n) is 7.87. The van der Waals surface area contributed by atoms with Crippen LogP contribution in [-0.4, -0.2) is 65.7 Å². The van der Waals surface area contributed by atoms with Crippen LogP contribution in [0.2, 0.25) is 5.15 Å². The van der Waals surface area contributed by atoms with Gasteiger partial charge in [-0.25, -0.2) is 14.4 Å². The number of likely N-dealkylation sites (N-methyl/N-ethyl adjacent to an activating group) is 1. The average molecular weight is 393 g/mol. The molecule has 0 saturated carbocycles. The van der Waals surface area contributed by atoms with E-state index in [-0.39, 0.29) is 10.7 Å². The van der Waals surface area contributed by atoms with Gasteiger partial charge in [-0.2, -0.15) is 4.98 Å². The lowest BCUT2D eigenvalue weighted by Crippen LogP contribution is -2.34. The summed E-state index contributed by atoms with van der Waals surface area (Å²) >= 11 is 5.95. The maximum absolute atomic E-state index is 14.8. The van der Waals surface area contributed by atoms with E-state index >= 15 is 0 Å². The van der Waals surface area contributed by atoms with E-state index in [2.05, 4.69) is 45.7 Å². The van der Waals surface area contributed by atoms with Crippen molar-refractivity contribution < 1.29 is 4.39 Å². The Hall–Kier alpha value is -1.73. The molecule has 6 nitrogen and oxygen atoms in total. The number of nitrogens with zero attached hydrogens (tertiary/aromatic N) is 6. The highest BCUT2D eigenvalue weighted by Crippen LogP contribution is 2.33. The molecule has 2 aliphatic rings. The molecule has 146 valence electrons. The second kappa shape index (κ2) is 7.36. The molecule has 4 rings (SSSR count). The van der Waals surface area contributed by atoms with Crippen molar-refractivity contribution in [3.05, 3.63) is 17.2 Å². The van der Waals surface area contributed by atoms with Crippen LogP contribution < -0.4 is 9.80 Å². The van der Waals surface area contributed by atoms with Crippen LogP contribution in [0.5, 0.6) is 0 Å². The second-order valence-corrected chi connectivity index (χ2v) is 8.23. The minimum Gasteiger partial charge on any atom is -0.356 e. The molecule has 27 heavy (non-hydrogen) atoms. The van der Waals surface area contributed by atoms with Crippen molar-refractivity contribution in [2.24, 2.45) is 0 Å². The summed E-state index contributed by atoms with van der Waals surface area (Å²) in [5.74, 6) is 0.798. The van der Waals surface area contributed by atoms with Gasteiger partial charge in [0.15, 0.2) is 11.0 Å². The molecule has 0 bridgehead atoms. The van der Waals surface area contributed by atoms with Crippen LogP contribution >= 0.6 is 11.6 Å². The Morgan fingerprint density at radius 3 is 2.59 bits per heavy atom. The molecule has 2 aliphatic heterocycles. The van der Waals surface area contributed by atoms with Gasteiger partial charge in [0.2, 0.25) is 5.95 Å². The van der Waals surface area contributed by atoms with E-state index in [1.165, 1.54) is 6.42 Å². The van der Waals surface area contributed by atoms with E-state index in [1.54, 1.807) is 6.20 Å². The summed E-state index contributed by atoms with van der Waals surface area (Å²) in [6.45, 7) is 4.85. The number of anilines is 2. The van der Waals surface area contributed by atoms with E-state index in [4.69, 9.17) is 16.6 Å². The quantitative estimate of drug-likeness (QED) is 0.747. The smallest absolute Gasteiger partial charge is 0.228 e. The monoisotopic (exact) mass is 392 g/mol. The fourth-order valence-corrected chi connectivity index (χ4v) is 4.28. The van der Waals surface area contributed by atoms with Crippen molar-refractivity contribution in [3.63, 3.8) is 0 Å². The number of pyridine rings is 1. The molecular formula is C19H26ClFN6. The number of rotatable bonds is 3. The summed E-state index contributed by atoms with van der Waals surface area (Å²) in [5, 5.41) is 0.496. The van der Waals surface area contributed by atoms with Crippen LogP contribution in [0, 0.1) is 5.82 Å². The lowest BCUT2D eigenvalue weighted by Gasteiger charge is -2.30. The fourth-order valence-electron chi connectivity index (χ4n) is 4.14. The first-order valence-corrected chi connectivity index (χ1v) is 10.0. The van der Waals surface area contributed by atoms with E-state index in [0.29, 0.717) is 23.4 Å². The number of fused-ring (bicyclic) bond motifs is 1. The third-order valence-electron chi connectivity index (χ3n) is 5.81. The van der Waals surface area contributed by atoms with E-state index in [0.717, 1.165) is 44.7 Å². The number of hydrogen-bond acceptors (Lipinski definition) is 6. The fraction of sp³-hybridized carbons (Fsp3) is 0.632. The Labute approximate surface area is 164 Å². The molecule has 0 radical (unpaired) electrons. The first-order valence-electron chi connectivity index (χ1n) is 9.65. The Kier molecular flexibility index (Phi) is 5.07. The summed E-state index contributed by atoms with van der Waals surface area (Å²) in [6, 6.07) is 0.730. The molecule has 4 heterocycles. The Balaban J connectivity index is 1.82. The minimum atomic E-state index is -0.563. The molecule has 2 fully saturated rings. The standard InChI is InChI=1S/C19H26ClFN6/c1-12-9-13(25(2)3)11-27(12)19-23-16-14(10-22-17(20)15(16)21)18(24-19)26-7-5-4-6-8-26/h10,12-13H,4-9,11H2,1-3H3/t12-,13-/m0/s1. The van der Waals surface area contributed by atoms with Gasteiger partial charge in [-0.1, -0.05) is 11.6 Å². The largest absolute Gasteiger partial charge is 0.356 e. The van der Waals surface area contributed by atoms with Gasteiger partial charge in [-0.3, -0.25) is 0 Å². The SMILES string of the molecule is C[C@H]1C[C@H](N(C)C)CN1c1nc(N2CCCCC2)c2cnc(Cl)c(F)c2n1. The summed E-state index contributed by atoms with van der Waals surface area (Å²) < 4.78 is 14.8. The van der Waals surface area contributed by atoms with E-state index in [1.807, 2.05) is 0 Å². The Morgan fingerprint density at radius 1 is 1.19 bits per heavy atom. The molecule has 2 atom stereocenters. The highest BCUT2D eigenvalue weighted by atomic mass is 35.5.